The van der Waals surface area contributed by atoms with Crippen LogP contribution in [0.2, 0.25) is 0 Å². The van der Waals surface area contributed by atoms with Gasteiger partial charge in [-0.15, -0.1) is 0 Å². The molecule has 0 bridgehead atoms. The molecule has 0 aliphatic carbocycles. The van der Waals surface area contributed by atoms with Gasteiger partial charge in [-0.25, -0.2) is 0 Å². The first-order valence-electron chi connectivity index (χ1n) is 5.44. The highest BCUT2D eigenvalue weighted by atomic mass is 14.1. The minimum atomic E-state index is 0.604. The summed E-state index contributed by atoms with van der Waals surface area (Å²) < 4.78 is 0. The zero-order valence-corrected chi connectivity index (χ0v) is 9.67. The van der Waals surface area contributed by atoms with Crippen molar-refractivity contribution in [2.24, 2.45) is 0 Å². The van der Waals surface area contributed by atoms with Gasteiger partial charge in [0.05, 0.1) is 0 Å². The molecule has 0 heteroatoms. The Morgan fingerprint density at radius 3 is 2.50 bits per heavy atom. The van der Waals surface area contributed by atoms with Crippen LogP contribution in [-0.4, -0.2) is 0 Å². The molecule has 0 spiro atoms. The van der Waals surface area contributed by atoms with Crippen LogP contribution < -0.4 is 0 Å². The minimum absolute atomic E-state index is 0.604. The molecule has 0 heterocycles. The first kappa shape index (κ1) is 11.0. The number of allylic oxidation sites excluding steroid dienone is 1. The molecule has 76 valence electrons. The van der Waals surface area contributed by atoms with E-state index in [1.54, 1.807) is 0 Å². The highest BCUT2D eigenvalue weighted by Crippen LogP contribution is 2.22. The van der Waals surface area contributed by atoms with Crippen molar-refractivity contribution in [3.63, 3.8) is 0 Å². The average molecular weight is 188 g/mol. The SMILES string of the molecule is C/C=C\c1cc(CC)ccc1C(C)C. The molecule has 1 rings (SSSR count). The lowest BCUT2D eigenvalue weighted by atomic mass is 9.94. The fraction of sp³-hybridized carbons (Fsp3) is 0.429. The third-order valence-corrected chi connectivity index (χ3v) is 2.53. The molecular weight excluding hydrogens is 168 g/mol. The van der Waals surface area contributed by atoms with Gasteiger partial charge in [0.2, 0.25) is 0 Å². The van der Waals surface area contributed by atoms with Crippen LogP contribution >= 0.6 is 0 Å². The Morgan fingerprint density at radius 1 is 1.29 bits per heavy atom. The Kier molecular flexibility index (Phi) is 3.94. The molecule has 14 heavy (non-hydrogen) atoms. The predicted molar refractivity (Wildman–Crippen MR) is 64.6 cm³/mol. The van der Waals surface area contributed by atoms with Crippen LogP contribution in [-0.2, 0) is 6.42 Å². The van der Waals surface area contributed by atoms with Crippen LogP contribution in [0, 0.1) is 0 Å². The summed E-state index contributed by atoms with van der Waals surface area (Å²) in [6, 6.07) is 6.80. The van der Waals surface area contributed by atoms with Crippen molar-refractivity contribution in [1.82, 2.24) is 0 Å². The number of aryl methyl sites for hydroxylation is 1. The van der Waals surface area contributed by atoms with Gasteiger partial charge < -0.3 is 0 Å². The Morgan fingerprint density at radius 2 is 2.00 bits per heavy atom. The second-order valence-corrected chi connectivity index (χ2v) is 3.97. The molecule has 0 nitrogen and oxygen atoms in total. The molecule has 0 atom stereocenters. The van der Waals surface area contributed by atoms with Gasteiger partial charge in [-0.05, 0) is 36.0 Å². The summed E-state index contributed by atoms with van der Waals surface area (Å²) in [5, 5.41) is 0. The van der Waals surface area contributed by atoms with Crippen molar-refractivity contribution in [1.29, 1.82) is 0 Å². The van der Waals surface area contributed by atoms with Crippen molar-refractivity contribution >= 4 is 6.08 Å². The Balaban J connectivity index is 3.16. The molecule has 0 aliphatic rings. The summed E-state index contributed by atoms with van der Waals surface area (Å²) >= 11 is 0. The first-order valence-corrected chi connectivity index (χ1v) is 5.44. The maximum absolute atomic E-state index is 2.30. The van der Waals surface area contributed by atoms with E-state index in [-0.39, 0.29) is 0 Å². The van der Waals surface area contributed by atoms with Crippen LogP contribution in [0.25, 0.3) is 6.08 Å². The molecule has 0 aliphatic heterocycles. The van der Waals surface area contributed by atoms with Gasteiger partial charge in [0.1, 0.15) is 0 Å². The fourth-order valence-electron chi connectivity index (χ4n) is 1.69. The van der Waals surface area contributed by atoms with Gasteiger partial charge in [-0.1, -0.05) is 51.1 Å². The summed E-state index contributed by atoms with van der Waals surface area (Å²) in [5.74, 6) is 0.604. The van der Waals surface area contributed by atoms with Crippen LogP contribution in [0.4, 0.5) is 0 Å². The van der Waals surface area contributed by atoms with Crippen LogP contribution in [0.5, 0.6) is 0 Å². The number of hydrogen-bond acceptors (Lipinski definition) is 0. The van der Waals surface area contributed by atoms with E-state index in [9.17, 15) is 0 Å². The van der Waals surface area contributed by atoms with E-state index in [2.05, 4.69) is 58.0 Å². The summed E-state index contributed by atoms with van der Waals surface area (Å²) in [4.78, 5) is 0. The highest BCUT2D eigenvalue weighted by Gasteiger charge is 2.04. The molecule has 0 N–H and O–H groups in total. The van der Waals surface area contributed by atoms with Crippen molar-refractivity contribution < 1.29 is 0 Å². The van der Waals surface area contributed by atoms with E-state index in [4.69, 9.17) is 0 Å². The topological polar surface area (TPSA) is 0 Å². The molecule has 0 saturated heterocycles. The summed E-state index contributed by atoms with van der Waals surface area (Å²) in [5.41, 5.74) is 4.24. The lowest BCUT2D eigenvalue weighted by molar-refractivity contribution is 0.862. The van der Waals surface area contributed by atoms with Crippen molar-refractivity contribution in [2.75, 3.05) is 0 Å². The zero-order chi connectivity index (χ0) is 10.6. The lowest BCUT2D eigenvalue weighted by Crippen LogP contribution is -1.93. The van der Waals surface area contributed by atoms with Crippen molar-refractivity contribution in [3.05, 3.63) is 41.0 Å². The molecule has 1 aromatic carbocycles. The largest absolute Gasteiger partial charge is 0.0871 e. The molecule has 1 aromatic rings. The summed E-state index contributed by atoms with van der Waals surface area (Å²) in [6.45, 7) is 8.76. The van der Waals surface area contributed by atoms with Crippen LogP contribution in [0.1, 0.15) is 50.3 Å². The Labute approximate surface area is 87.7 Å². The van der Waals surface area contributed by atoms with E-state index in [1.165, 1.54) is 16.7 Å². The van der Waals surface area contributed by atoms with Gasteiger partial charge >= 0.3 is 0 Å². The Hall–Kier alpha value is -1.04. The van der Waals surface area contributed by atoms with Gasteiger partial charge in [-0.2, -0.15) is 0 Å². The van der Waals surface area contributed by atoms with Gasteiger partial charge in [0, 0.05) is 0 Å². The number of benzene rings is 1. The predicted octanol–water partition coefficient (Wildman–Crippen LogP) is 4.41. The second-order valence-electron chi connectivity index (χ2n) is 3.97. The maximum Gasteiger partial charge on any atom is -0.0213 e. The summed E-state index contributed by atoms with van der Waals surface area (Å²) in [7, 11) is 0. The van der Waals surface area contributed by atoms with E-state index in [0.29, 0.717) is 5.92 Å². The van der Waals surface area contributed by atoms with Gasteiger partial charge in [-0.3, -0.25) is 0 Å². The molecule has 0 amide bonds. The number of rotatable bonds is 3. The zero-order valence-electron chi connectivity index (χ0n) is 9.67. The van der Waals surface area contributed by atoms with Gasteiger partial charge in [0.15, 0.2) is 0 Å². The molecule has 0 radical (unpaired) electrons. The first-order chi connectivity index (χ1) is 6.69. The maximum atomic E-state index is 2.30. The second kappa shape index (κ2) is 4.99. The fourth-order valence-corrected chi connectivity index (χ4v) is 1.69. The lowest BCUT2D eigenvalue weighted by Gasteiger charge is -2.11. The van der Waals surface area contributed by atoms with Crippen molar-refractivity contribution in [2.45, 2.75) is 40.0 Å². The minimum Gasteiger partial charge on any atom is -0.0871 e. The van der Waals surface area contributed by atoms with E-state index >= 15 is 0 Å². The van der Waals surface area contributed by atoms with Crippen LogP contribution in [0.3, 0.4) is 0 Å². The molecular formula is C14H20. The normalized spacial score (nSPS) is 11.5. The van der Waals surface area contributed by atoms with E-state index in [1.807, 2.05) is 0 Å². The molecule has 0 aromatic heterocycles. The van der Waals surface area contributed by atoms with E-state index < -0.39 is 0 Å². The number of hydrogen-bond donors (Lipinski definition) is 0. The van der Waals surface area contributed by atoms with Crippen LogP contribution in [0.15, 0.2) is 24.3 Å². The molecule has 0 saturated carbocycles. The molecule has 0 unspecified atom stereocenters. The third kappa shape index (κ3) is 2.47. The monoisotopic (exact) mass is 188 g/mol. The highest BCUT2D eigenvalue weighted by molar-refractivity contribution is 5.55. The summed E-state index contributed by atoms with van der Waals surface area (Å²) in [6.07, 6.45) is 5.43. The quantitative estimate of drug-likeness (QED) is 0.659. The Bertz CT molecular complexity index is 319. The van der Waals surface area contributed by atoms with E-state index in [0.717, 1.165) is 6.42 Å². The average Bonchev–Trinajstić information content (AvgIpc) is 2.17. The standard InChI is InChI=1S/C14H20/c1-5-7-13-10-12(6-2)8-9-14(13)11(3)4/h5,7-11H,6H2,1-4H3/b7-5-. The van der Waals surface area contributed by atoms with Gasteiger partial charge in [0.25, 0.3) is 0 Å². The third-order valence-electron chi connectivity index (χ3n) is 2.53. The molecule has 0 fully saturated rings. The van der Waals surface area contributed by atoms with Crippen molar-refractivity contribution in [3.8, 4) is 0 Å². The smallest absolute Gasteiger partial charge is 0.0213 e.